The highest BCUT2D eigenvalue weighted by Crippen LogP contribution is 2.19. The fourth-order valence-electron chi connectivity index (χ4n) is 1.33. The molecule has 1 aromatic carbocycles. The molecule has 0 aliphatic carbocycles. The van der Waals surface area contributed by atoms with Crippen molar-refractivity contribution in [1.29, 1.82) is 0 Å². The highest BCUT2D eigenvalue weighted by atomic mass is 16.5. The molecule has 0 heterocycles. The van der Waals surface area contributed by atoms with Crippen LogP contribution in [0.1, 0.15) is 36.2 Å². The lowest BCUT2D eigenvalue weighted by molar-refractivity contribution is 0.101. The number of hydrogen-bond acceptors (Lipinski definition) is 3. The Bertz CT molecular complexity index is 371. The summed E-state index contributed by atoms with van der Waals surface area (Å²) in [5.41, 5.74) is 1.59. The lowest BCUT2D eigenvalue weighted by atomic mass is 10.1. The zero-order valence-electron chi connectivity index (χ0n) is 9.99. The standard InChI is InChI=1S/C13H18O3/c1-4-12(15)8-16-13-6-5-11(10(3)14)7-9(13)2/h5-7,12,15H,4,8H2,1-3H3. The molecule has 0 bridgehead atoms. The van der Waals surface area contributed by atoms with Crippen LogP contribution in [0.15, 0.2) is 18.2 Å². The summed E-state index contributed by atoms with van der Waals surface area (Å²) in [7, 11) is 0. The molecule has 0 saturated carbocycles. The van der Waals surface area contributed by atoms with Gasteiger partial charge in [0.15, 0.2) is 5.78 Å². The first kappa shape index (κ1) is 12.7. The van der Waals surface area contributed by atoms with Crippen LogP contribution in [0.25, 0.3) is 0 Å². The number of hydrogen-bond donors (Lipinski definition) is 1. The molecule has 1 rings (SSSR count). The van der Waals surface area contributed by atoms with Gasteiger partial charge < -0.3 is 9.84 Å². The minimum Gasteiger partial charge on any atom is -0.491 e. The van der Waals surface area contributed by atoms with Crippen LogP contribution in [0.2, 0.25) is 0 Å². The van der Waals surface area contributed by atoms with Gasteiger partial charge in [-0.25, -0.2) is 0 Å². The van der Waals surface area contributed by atoms with Crippen LogP contribution in [-0.2, 0) is 0 Å². The minimum atomic E-state index is -0.438. The Labute approximate surface area is 96.1 Å². The van der Waals surface area contributed by atoms with Gasteiger partial charge in [-0.15, -0.1) is 0 Å². The van der Waals surface area contributed by atoms with E-state index in [1.54, 1.807) is 18.2 Å². The van der Waals surface area contributed by atoms with Gasteiger partial charge in [-0.05, 0) is 44.0 Å². The third kappa shape index (κ3) is 3.35. The van der Waals surface area contributed by atoms with Crippen LogP contribution < -0.4 is 4.74 Å². The van der Waals surface area contributed by atoms with Crippen LogP contribution in [0, 0.1) is 6.92 Å². The molecule has 0 saturated heterocycles. The molecule has 0 radical (unpaired) electrons. The molecule has 0 amide bonds. The van der Waals surface area contributed by atoms with Crippen molar-refractivity contribution < 1.29 is 14.6 Å². The van der Waals surface area contributed by atoms with E-state index in [4.69, 9.17) is 4.74 Å². The number of carbonyl (C=O) groups excluding carboxylic acids is 1. The van der Waals surface area contributed by atoms with E-state index in [9.17, 15) is 9.90 Å². The number of carbonyl (C=O) groups is 1. The SMILES string of the molecule is CCC(O)COc1ccc(C(C)=O)cc1C. The lowest BCUT2D eigenvalue weighted by Gasteiger charge is -2.12. The lowest BCUT2D eigenvalue weighted by Crippen LogP contribution is -2.16. The number of rotatable bonds is 5. The molecule has 88 valence electrons. The van der Waals surface area contributed by atoms with E-state index < -0.39 is 6.10 Å². The van der Waals surface area contributed by atoms with Crippen molar-refractivity contribution in [1.82, 2.24) is 0 Å². The van der Waals surface area contributed by atoms with Gasteiger partial charge in [0, 0.05) is 5.56 Å². The molecule has 1 atom stereocenters. The first-order valence-electron chi connectivity index (χ1n) is 5.47. The summed E-state index contributed by atoms with van der Waals surface area (Å²) in [6.07, 6.45) is 0.233. The predicted octanol–water partition coefficient (Wildman–Crippen LogP) is 2.35. The van der Waals surface area contributed by atoms with E-state index >= 15 is 0 Å². The van der Waals surface area contributed by atoms with Crippen LogP contribution in [0.4, 0.5) is 0 Å². The molecule has 0 fully saturated rings. The summed E-state index contributed by atoms with van der Waals surface area (Å²) < 4.78 is 5.46. The van der Waals surface area contributed by atoms with Gasteiger partial charge in [0.25, 0.3) is 0 Å². The maximum absolute atomic E-state index is 11.1. The van der Waals surface area contributed by atoms with Crippen molar-refractivity contribution >= 4 is 5.78 Å². The number of ether oxygens (including phenoxy) is 1. The maximum Gasteiger partial charge on any atom is 0.159 e. The second-order valence-corrected chi connectivity index (χ2v) is 3.91. The van der Waals surface area contributed by atoms with Crippen LogP contribution >= 0.6 is 0 Å². The topological polar surface area (TPSA) is 46.5 Å². The Morgan fingerprint density at radius 3 is 2.69 bits per heavy atom. The van der Waals surface area contributed by atoms with Gasteiger partial charge in [-0.2, -0.15) is 0 Å². The third-order valence-corrected chi connectivity index (χ3v) is 2.48. The maximum atomic E-state index is 11.1. The second-order valence-electron chi connectivity index (χ2n) is 3.91. The number of aryl methyl sites for hydroxylation is 1. The Morgan fingerprint density at radius 1 is 1.50 bits per heavy atom. The smallest absolute Gasteiger partial charge is 0.159 e. The predicted molar refractivity (Wildman–Crippen MR) is 63.0 cm³/mol. The number of ketones is 1. The van der Waals surface area contributed by atoms with Crippen molar-refractivity contribution in [3.8, 4) is 5.75 Å². The number of benzene rings is 1. The highest BCUT2D eigenvalue weighted by molar-refractivity contribution is 5.94. The first-order chi connectivity index (χ1) is 7.54. The van der Waals surface area contributed by atoms with E-state index in [0.717, 1.165) is 11.3 Å². The quantitative estimate of drug-likeness (QED) is 0.778. The van der Waals surface area contributed by atoms with Crippen LogP contribution in [0.3, 0.4) is 0 Å². The molecule has 16 heavy (non-hydrogen) atoms. The second kappa shape index (κ2) is 5.66. The van der Waals surface area contributed by atoms with Gasteiger partial charge in [-0.3, -0.25) is 4.79 Å². The van der Waals surface area contributed by atoms with E-state index in [1.165, 1.54) is 6.92 Å². The fraction of sp³-hybridized carbons (Fsp3) is 0.462. The molecule has 0 aliphatic heterocycles. The molecule has 0 aliphatic rings. The molecular formula is C13H18O3. The van der Waals surface area contributed by atoms with Gasteiger partial charge in [0.05, 0.1) is 6.10 Å². The first-order valence-corrected chi connectivity index (χ1v) is 5.47. The zero-order chi connectivity index (χ0) is 12.1. The fourth-order valence-corrected chi connectivity index (χ4v) is 1.33. The Balaban J connectivity index is 2.72. The van der Waals surface area contributed by atoms with Crippen molar-refractivity contribution in [2.24, 2.45) is 0 Å². The molecule has 0 aromatic heterocycles. The summed E-state index contributed by atoms with van der Waals surface area (Å²) in [5, 5.41) is 9.37. The average molecular weight is 222 g/mol. The van der Waals surface area contributed by atoms with Crippen LogP contribution in [-0.4, -0.2) is 23.6 Å². The van der Waals surface area contributed by atoms with E-state index in [0.29, 0.717) is 12.0 Å². The van der Waals surface area contributed by atoms with Crippen molar-refractivity contribution in [3.63, 3.8) is 0 Å². The van der Waals surface area contributed by atoms with Gasteiger partial charge >= 0.3 is 0 Å². The highest BCUT2D eigenvalue weighted by Gasteiger charge is 2.06. The number of aliphatic hydroxyl groups excluding tert-OH is 1. The van der Waals surface area contributed by atoms with E-state index in [1.807, 2.05) is 13.8 Å². The normalized spacial score (nSPS) is 12.2. The molecular weight excluding hydrogens is 204 g/mol. The zero-order valence-corrected chi connectivity index (χ0v) is 9.99. The Hall–Kier alpha value is -1.35. The summed E-state index contributed by atoms with van der Waals surface area (Å²) in [4.78, 5) is 11.1. The molecule has 3 nitrogen and oxygen atoms in total. The van der Waals surface area contributed by atoms with E-state index in [2.05, 4.69) is 0 Å². The average Bonchev–Trinajstić information content (AvgIpc) is 2.26. The third-order valence-electron chi connectivity index (χ3n) is 2.48. The molecule has 3 heteroatoms. The van der Waals surface area contributed by atoms with Gasteiger partial charge in [-0.1, -0.05) is 6.92 Å². The van der Waals surface area contributed by atoms with Gasteiger partial charge in [0.1, 0.15) is 12.4 Å². The monoisotopic (exact) mass is 222 g/mol. The Morgan fingerprint density at radius 2 is 2.19 bits per heavy atom. The Kier molecular flexibility index (Phi) is 4.50. The summed E-state index contributed by atoms with van der Waals surface area (Å²) in [6.45, 7) is 5.62. The number of Topliss-reactive ketones (excluding diaryl/α,β-unsaturated/α-hetero) is 1. The van der Waals surface area contributed by atoms with E-state index in [-0.39, 0.29) is 12.4 Å². The van der Waals surface area contributed by atoms with Crippen molar-refractivity contribution in [2.75, 3.05) is 6.61 Å². The van der Waals surface area contributed by atoms with Crippen molar-refractivity contribution in [2.45, 2.75) is 33.3 Å². The molecule has 1 aromatic rings. The number of aliphatic hydroxyl groups is 1. The summed E-state index contributed by atoms with van der Waals surface area (Å²) >= 11 is 0. The van der Waals surface area contributed by atoms with Crippen molar-refractivity contribution in [3.05, 3.63) is 29.3 Å². The molecule has 0 spiro atoms. The largest absolute Gasteiger partial charge is 0.491 e. The summed E-state index contributed by atoms with van der Waals surface area (Å²) in [6, 6.07) is 5.31. The minimum absolute atomic E-state index is 0.0447. The van der Waals surface area contributed by atoms with Crippen LogP contribution in [0.5, 0.6) is 5.75 Å². The summed E-state index contributed by atoms with van der Waals surface area (Å²) in [5.74, 6) is 0.765. The molecule has 1 unspecified atom stereocenters. The van der Waals surface area contributed by atoms with Gasteiger partial charge in [0.2, 0.25) is 0 Å². The molecule has 1 N–H and O–H groups in total.